The zero-order chi connectivity index (χ0) is 16.5. The molecule has 23 heavy (non-hydrogen) atoms. The Morgan fingerprint density at radius 3 is 2.78 bits per heavy atom. The molecule has 1 unspecified atom stereocenters. The van der Waals surface area contributed by atoms with Crippen LogP contribution in [-0.2, 0) is 16.0 Å². The van der Waals surface area contributed by atoms with Gasteiger partial charge in [0, 0.05) is 31.8 Å². The van der Waals surface area contributed by atoms with Gasteiger partial charge in [-0.25, -0.2) is 0 Å². The summed E-state index contributed by atoms with van der Waals surface area (Å²) in [6, 6.07) is 10.9. The van der Waals surface area contributed by atoms with Crippen LogP contribution in [0, 0.1) is 0 Å². The Kier molecular flexibility index (Phi) is 7.14. The van der Waals surface area contributed by atoms with Gasteiger partial charge in [0.05, 0.1) is 12.9 Å². The van der Waals surface area contributed by atoms with Gasteiger partial charge in [0.2, 0.25) is 5.91 Å². The first-order valence-corrected chi connectivity index (χ1v) is 8.55. The summed E-state index contributed by atoms with van der Waals surface area (Å²) in [6.45, 7) is 8.41. The third-order valence-corrected chi connectivity index (χ3v) is 4.25. The van der Waals surface area contributed by atoms with Crippen molar-refractivity contribution in [2.75, 3.05) is 32.8 Å². The van der Waals surface area contributed by atoms with Gasteiger partial charge in [0.15, 0.2) is 0 Å². The van der Waals surface area contributed by atoms with Crippen LogP contribution in [0.3, 0.4) is 0 Å². The second-order valence-electron chi connectivity index (χ2n) is 6.03. The zero-order valence-electron chi connectivity index (χ0n) is 14.3. The lowest BCUT2D eigenvalue weighted by Gasteiger charge is -2.39. The first-order valence-electron chi connectivity index (χ1n) is 8.55. The van der Waals surface area contributed by atoms with E-state index in [1.165, 1.54) is 17.9 Å². The quantitative estimate of drug-likeness (QED) is 0.573. The topological polar surface area (TPSA) is 32.8 Å². The van der Waals surface area contributed by atoms with Crippen molar-refractivity contribution in [1.29, 1.82) is 0 Å². The van der Waals surface area contributed by atoms with Crippen LogP contribution in [0.1, 0.15) is 25.8 Å². The Balaban J connectivity index is 1.72. The fraction of sp³-hybridized carbons (Fsp3) is 0.526. The number of hydrogen-bond donors (Lipinski definition) is 0. The molecule has 1 amide bonds. The van der Waals surface area contributed by atoms with Gasteiger partial charge in [-0.3, -0.25) is 9.69 Å². The van der Waals surface area contributed by atoms with Gasteiger partial charge in [0.1, 0.15) is 0 Å². The van der Waals surface area contributed by atoms with E-state index in [0.717, 1.165) is 39.0 Å². The lowest BCUT2D eigenvalue weighted by molar-refractivity contribution is -0.130. The maximum Gasteiger partial charge on any atom is 0.249 e. The summed E-state index contributed by atoms with van der Waals surface area (Å²) in [5.74, 6) is 0.0508. The van der Waals surface area contributed by atoms with Crippen LogP contribution in [-0.4, -0.2) is 54.5 Å². The minimum atomic E-state index is 0.0508. The molecular formula is C19H28N2O2. The molecule has 1 atom stereocenters. The molecule has 1 fully saturated rings. The Morgan fingerprint density at radius 1 is 1.30 bits per heavy atom. The number of nitrogens with zero attached hydrogens (tertiary/aromatic N) is 2. The largest absolute Gasteiger partial charge is 0.501 e. The molecule has 4 heteroatoms. The second kappa shape index (κ2) is 9.36. The SMILES string of the molecule is CCOC=CC(=O)N1CCN(CCCc2ccccc2)CC1C. The fourth-order valence-corrected chi connectivity index (χ4v) is 3.01. The molecule has 0 aliphatic carbocycles. The highest BCUT2D eigenvalue weighted by Gasteiger charge is 2.25. The number of rotatable bonds is 7. The van der Waals surface area contributed by atoms with Crippen molar-refractivity contribution in [2.24, 2.45) is 0 Å². The molecule has 4 nitrogen and oxygen atoms in total. The molecule has 1 saturated heterocycles. The summed E-state index contributed by atoms with van der Waals surface area (Å²) in [7, 11) is 0. The van der Waals surface area contributed by atoms with Crippen LogP contribution >= 0.6 is 0 Å². The highest BCUT2D eigenvalue weighted by Crippen LogP contribution is 2.12. The molecule has 126 valence electrons. The van der Waals surface area contributed by atoms with E-state index < -0.39 is 0 Å². The molecule has 2 rings (SSSR count). The van der Waals surface area contributed by atoms with Crippen LogP contribution in [0.4, 0.5) is 0 Å². The standard InChI is InChI=1S/C19H28N2O2/c1-3-23-15-11-19(22)21-14-13-20(16-17(21)2)12-7-10-18-8-5-4-6-9-18/h4-6,8-9,11,15,17H,3,7,10,12-14,16H2,1-2H3. The molecule has 0 bridgehead atoms. The van der Waals surface area contributed by atoms with E-state index in [1.807, 2.05) is 11.8 Å². The molecule has 1 aromatic rings. The molecule has 1 aliphatic rings. The minimum Gasteiger partial charge on any atom is -0.501 e. The van der Waals surface area contributed by atoms with Gasteiger partial charge in [-0.1, -0.05) is 30.3 Å². The minimum absolute atomic E-state index is 0.0508. The Morgan fingerprint density at radius 2 is 2.09 bits per heavy atom. The molecule has 0 radical (unpaired) electrons. The number of piperazine rings is 1. The van der Waals surface area contributed by atoms with Crippen LogP contribution in [0.2, 0.25) is 0 Å². The molecule has 0 aromatic heterocycles. The van der Waals surface area contributed by atoms with Crippen molar-refractivity contribution in [1.82, 2.24) is 9.80 Å². The summed E-state index contributed by atoms with van der Waals surface area (Å²) >= 11 is 0. The monoisotopic (exact) mass is 316 g/mol. The predicted molar refractivity (Wildman–Crippen MR) is 93.1 cm³/mol. The smallest absolute Gasteiger partial charge is 0.249 e. The van der Waals surface area contributed by atoms with Gasteiger partial charge in [-0.2, -0.15) is 0 Å². The van der Waals surface area contributed by atoms with Gasteiger partial charge in [-0.05, 0) is 38.8 Å². The normalized spacial score (nSPS) is 19.2. The third kappa shape index (κ3) is 5.71. The van der Waals surface area contributed by atoms with E-state index in [0.29, 0.717) is 6.61 Å². The van der Waals surface area contributed by atoms with Crippen molar-refractivity contribution in [3.8, 4) is 0 Å². The molecule has 1 heterocycles. The van der Waals surface area contributed by atoms with E-state index in [4.69, 9.17) is 4.74 Å². The molecule has 0 saturated carbocycles. The summed E-state index contributed by atoms with van der Waals surface area (Å²) in [5.41, 5.74) is 1.40. The Labute approximate surface area is 139 Å². The number of amides is 1. The molecule has 1 aromatic carbocycles. The summed E-state index contributed by atoms with van der Waals surface area (Å²) in [4.78, 5) is 16.5. The van der Waals surface area contributed by atoms with Crippen LogP contribution < -0.4 is 0 Å². The molecular weight excluding hydrogens is 288 g/mol. The van der Waals surface area contributed by atoms with E-state index >= 15 is 0 Å². The van der Waals surface area contributed by atoms with Crippen LogP contribution in [0.5, 0.6) is 0 Å². The number of hydrogen-bond acceptors (Lipinski definition) is 3. The van der Waals surface area contributed by atoms with Crippen molar-refractivity contribution in [2.45, 2.75) is 32.7 Å². The summed E-state index contributed by atoms with van der Waals surface area (Å²) in [6.07, 6.45) is 5.31. The first kappa shape index (κ1) is 17.5. The maximum atomic E-state index is 12.1. The Hall–Kier alpha value is -1.81. The van der Waals surface area contributed by atoms with E-state index in [-0.39, 0.29) is 11.9 Å². The highest BCUT2D eigenvalue weighted by molar-refractivity contribution is 5.87. The molecule has 0 spiro atoms. The van der Waals surface area contributed by atoms with Crippen molar-refractivity contribution >= 4 is 5.91 Å². The Bertz CT molecular complexity index is 501. The van der Waals surface area contributed by atoms with E-state index in [2.05, 4.69) is 42.2 Å². The highest BCUT2D eigenvalue weighted by atomic mass is 16.5. The lowest BCUT2D eigenvalue weighted by Crippen LogP contribution is -2.53. The van der Waals surface area contributed by atoms with Crippen molar-refractivity contribution < 1.29 is 9.53 Å². The van der Waals surface area contributed by atoms with Crippen LogP contribution in [0.15, 0.2) is 42.7 Å². The predicted octanol–water partition coefficient (Wildman–Crippen LogP) is 2.70. The first-order chi connectivity index (χ1) is 11.2. The lowest BCUT2D eigenvalue weighted by atomic mass is 10.1. The number of carbonyl (C=O) groups is 1. The second-order valence-corrected chi connectivity index (χ2v) is 6.03. The van der Waals surface area contributed by atoms with Gasteiger partial charge in [0.25, 0.3) is 0 Å². The number of ether oxygens (including phenoxy) is 1. The number of aryl methyl sites for hydroxylation is 1. The molecule has 0 N–H and O–H groups in total. The van der Waals surface area contributed by atoms with E-state index in [9.17, 15) is 4.79 Å². The maximum absolute atomic E-state index is 12.1. The van der Waals surface area contributed by atoms with Crippen molar-refractivity contribution in [3.63, 3.8) is 0 Å². The van der Waals surface area contributed by atoms with Gasteiger partial charge >= 0.3 is 0 Å². The molecule has 1 aliphatic heterocycles. The average Bonchev–Trinajstić information content (AvgIpc) is 2.56. The van der Waals surface area contributed by atoms with Gasteiger partial charge in [-0.15, -0.1) is 0 Å². The number of carbonyl (C=O) groups excluding carboxylic acids is 1. The van der Waals surface area contributed by atoms with Crippen LogP contribution in [0.25, 0.3) is 0 Å². The van der Waals surface area contributed by atoms with Crippen molar-refractivity contribution in [3.05, 3.63) is 48.2 Å². The summed E-state index contributed by atoms with van der Waals surface area (Å²) in [5, 5.41) is 0. The summed E-state index contributed by atoms with van der Waals surface area (Å²) < 4.78 is 5.11. The average molecular weight is 316 g/mol. The zero-order valence-corrected chi connectivity index (χ0v) is 14.3. The number of benzene rings is 1. The van der Waals surface area contributed by atoms with E-state index in [1.54, 1.807) is 0 Å². The fourth-order valence-electron chi connectivity index (χ4n) is 3.01. The van der Waals surface area contributed by atoms with Gasteiger partial charge < -0.3 is 9.64 Å². The third-order valence-electron chi connectivity index (χ3n) is 4.25.